The number of imide groups is 1. The molecule has 1 unspecified atom stereocenters. The van der Waals surface area contributed by atoms with E-state index in [1.54, 1.807) is 34.3 Å². The number of halogens is 1. The number of piperazine rings is 1. The zero-order chi connectivity index (χ0) is 34.4. The molecule has 0 radical (unpaired) electrons. The molecule has 0 bridgehead atoms. The van der Waals surface area contributed by atoms with Crippen LogP contribution in [0.4, 0.5) is 23.1 Å². The van der Waals surface area contributed by atoms with Gasteiger partial charge in [-0.15, -0.1) is 0 Å². The smallest absolute Gasteiger partial charge is 0.328 e. The van der Waals surface area contributed by atoms with Gasteiger partial charge in [0.05, 0.1) is 17.2 Å². The highest BCUT2D eigenvalue weighted by Gasteiger charge is 2.39. The number of hydrogen-bond donors (Lipinski definition) is 3. The van der Waals surface area contributed by atoms with Crippen LogP contribution in [0.3, 0.4) is 0 Å². The molecule has 2 saturated heterocycles. The number of benzene rings is 2. The molecule has 1 atom stereocenters. The second kappa shape index (κ2) is 12.9. The van der Waals surface area contributed by atoms with Gasteiger partial charge in [-0.25, -0.2) is 9.78 Å². The van der Waals surface area contributed by atoms with Crippen LogP contribution in [0.5, 0.6) is 0 Å². The lowest BCUT2D eigenvalue weighted by molar-refractivity contribution is -0.137. The van der Waals surface area contributed by atoms with Crippen molar-refractivity contribution in [1.29, 1.82) is 0 Å². The quantitative estimate of drug-likeness (QED) is 0.233. The van der Waals surface area contributed by atoms with E-state index < -0.39 is 11.9 Å². The van der Waals surface area contributed by atoms with Gasteiger partial charge >= 0.3 is 5.69 Å². The summed E-state index contributed by atoms with van der Waals surface area (Å²) >= 11 is 6.52. The fourth-order valence-corrected chi connectivity index (χ4v) is 6.84. The first-order valence-electron chi connectivity index (χ1n) is 16.1. The fourth-order valence-electron chi connectivity index (χ4n) is 6.70. The molecule has 7 rings (SSSR count). The van der Waals surface area contributed by atoms with Crippen LogP contribution in [0.2, 0.25) is 5.02 Å². The summed E-state index contributed by atoms with van der Waals surface area (Å²) in [7, 11) is 3.26. The molecule has 254 valence electrons. The molecule has 2 aromatic heterocycles. The van der Waals surface area contributed by atoms with Crippen molar-refractivity contribution in [2.45, 2.75) is 38.4 Å². The summed E-state index contributed by atoms with van der Waals surface area (Å²) < 4.78 is 3.13. The van der Waals surface area contributed by atoms with Crippen molar-refractivity contribution in [2.24, 2.45) is 7.05 Å². The largest absolute Gasteiger partial charge is 0.368 e. The molecule has 16 heteroatoms. The van der Waals surface area contributed by atoms with Gasteiger partial charge in [0.2, 0.25) is 23.7 Å². The van der Waals surface area contributed by atoms with Crippen molar-refractivity contribution in [2.75, 3.05) is 48.3 Å². The summed E-state index contributed by atoms with van der Waals surface area (Å²) in [6.07, 6.45) is 2.28. The number of nitrogens with one attached hydrogen (secondary N) is 3. The van der Waals surface area contributed by atoms with E-state index in [-0.39, 0.29) is 42.8 Å². The third-order valence-corrected chi connectivity index (χ3v) is 9.69. The van der Waals surface area contributed by atoms with E-state index in [2.05, 4.69) is 30.7 Å². The molecule has 2 fully saturated rings. The fraction of sp³-hybridized carbons (Fsp3) is 0.364. The Bertz CT molecular complexity index is 2070. The van der Waals surface area contributed by atoms with Crippen molar-refractivity contribution in [1.82, 2.24) is 34.6 Å². The highest BCUT2D eigenvalue weighted by Crippen LogP contribution is 2.32. The molecule has 3 N–H and O–H groups in total. The van der Waals surface area contributed by atoms with Crippen molar-refractivity contribution in [3.63, 3.8) is 0 Å². The van der Waals surface area contributed by atoms with E-state index in [1.165, 1.54) is 0 Å². The number of rotatable bonds is 8. The normalized spacial score (nSPS) is 17.8. The van der Waals surface area contributed by atoms with Crippen molar-refractivity contribution < 1.29 is 19.2 Å². The predicted octanol–water partition coefficient (Wildman–Crippen LogP) is 1.75. The number of fused-ring (bicyclic) bond motifs is 2. The summed E-state index contributed by atoms with van der Waals surface area (Å²) in [5.74, 6) is -0.126. The summed E-state index contributed by atoms with van der Waals surface area (Å²) in [6.45, 7) is 3.25. The zero-order valence-electron chi connectivity index (χ0n) is 27.0. The maximum Gasteiger partial charge on any atom is 0.328 e. The second-order valence-electron chi connectivity index (χ2n) is 12.3. The zero-order valence-corrected chi connectivity index (χ0v) is 27.8. The molecule has 49 heavy (non-hydrogen) atoms. The molecule has 5 heterocycles. The van der Waals surface area contributed by atoms with Crippen molar-refractivity contribution in [3.05, 3.63) is 69.2 Å². The Labute approximate surface area is 285 Å². The average molecular weight is 687 g/mol. The number of anilines is 4. The molecule has 2 aromatic carbocycles. The SMILES string of the molecule is CNC(=O)CCn1c(=O)n(C)c2ccc(Nc3nc(N4CCN(c5ccc6c(c5)CN(C5CCC(=O)NC5=O)C6=O)CC4)ncc3Cl)cc21. The number of aryl methyl sites for hydroxylation is 2. The minimum Gasteiger partial charge on any atom is -0.368 e. The van der Waals surface area contributed by atoms with E-state index in [1.807, 2.05) is 36.4 Å². The van der Waals surface area contributed by atoms with E-state index in [0.717, 1.165) is 16.8 Å². The molecule has 0 spiro atoms. The number of amides is 4. The Morgan fingerprint density at radius 3 is 2.55 bits per heavy atom. The van der Waals surface area contributed by atoms with Crippen molar-refractivity contribution in [3.8, 4) is 0 Å². The van der Waals surface area contributed by atoms with Crippen LogP contribution in [0.1, 0.15) is 35.2 Å². The highest BCUT2D eigenvalue weighted by atomic mass is 35.5. The van der Waals surface area contributed by atoms with E-state index in [4.69, 9.17) is 16.6 Å². The average Bonchev–Trinajstić information content (AvgIpc) is 3.55. The molecular formula is C33H35ClN10O5. The summed E-state index contributed by atoms with van der Waals surface area (Å²) in [5, 5.41) is 8.54. The lowest BCUT2D eigenvalue weighted by Gasteiger charge is -2.36. The Morgan fingerprint density at radius 1 is 1.02 bits per heavy atom. The van der Waals surface area contributed by atoms with Gasteiger partial charge in [0.15, 0.2) is 5.82 Å². The molecule has 4 aromatic rings. The van der Waals surface area contributed by atoms with Gasteiger partial charge in [0, 0.05) is 83.1 Å². The maximum absolute atomic E-state index is 13.1. The molecular weight excluding hydrogens is 652 g/mol. The van der Waals surface area contributed by atoms with E-state index >= 15 is 0 Å². The molecule has 3 aliphatic rings. The number of carbonyl (C=O) groups excluding carboxylic acids is 4. The second-order valence-corrected chi connectivity index (χ2v) is 12.7. The minimum absolute atomic E-state index is 0.151. The summed E-state index contributed by atoms with van der Waals surface area (Å²) in [4.78, 5) is 77.0. The summed E-state index contributed by atoms with van der Waals surface area (Å²) in [6, 6.07) is 10.6. The van der Waals surface area contributed by atoms with Gasteiger partial charge in [-0.1, -0.05) is 11.6 Å². The summed E-state index contributed by atoms with van der Waals surface area (Å²) in [5.41, 5.74) is 4.32. The van der Waals surface area contributed by atoms with Crippen LogP contribution in [-0.4, -0.2) is 86.9 Å². The molecule has 15 nitrogen and oxygen atoms in total. The Kier molecular flexibility index (Phi) is 8.44. The molecule has 0 aliphatic carbocycles. The van der Waals surface area contributed by atoms with Crippen LogP contribution in [0.15, 0.2) is 47.4 Å². The Hall–Kier alpha value is -5.44. The van der Waals surface area contributed by atoms with E-state index in [9.17, 15) is 24.0 Å². The van der Waals surface area contributed by atoms with Crippen LogP contribution >= 0.6 is 11.6 Å². The monoisotopic (exact) mass is 686 g/mol. The first-order chi connectivity index (χ1) is 23.6. The Balaban J connectivity index is 1.02. The maximum atomic E-state index is 13.1. The minimum atomic E-state index is -0.646. The van der Waals surface area contributed by atoms with Gasteiger partial charge in [0.1, 0.15) is 11.1 Å². The number of hydrogen-bond acceptors (Lipinski definition) is 10. The van der Waals surface area contributed by atoms with Crippen LogP contribution in [0, 0.1) is 0 Å². The van der Waals surface area contributed by atoms with Crippen molar-refractivity contribution >= 4 is 69.4 Å². The first-order valence-corrected chi connectivity index (χ1v) is 16.5. The van der Waals surface area contributed by atoms with Gasteiger partial charge in [0.25, 0.3) is 5.91 Å². The van der Waals surface area contributed by atoms with E-state index in [0.29, 0.717) is 72.7 Å². The van der Waals surface area contributed by atoms with Crippen LogP contribution < -0.4 is 31.4 Å². The van der Waals surface area contributed by atoms with Crippen LogP contribution in [-0.2, 0) is 34.5 Å². The molecule has 3 aliphatic heterocycles. The third-order valence-electron chi connectivity index (χ3n) is 9.42. The van der Waals surface area contributed by atoms with Gasteiger partial charge < -0.3 is 25.3 Å². The topological polar surface area (TPSA) is 167 Å². The number of imidazole rings is 1. The van der Waals surface area contributed by atoms with Gasteiger partial charge in [-0.2, -0.15) is 4.98 Å². The Morgan fingerprint density at radius 2 is 1.80 bits per heavy atom. The first kappa shape index (κ1) is 32.1. The predicted molar refractivity (Wildman–Crippen MR) is 183 cm³/mol. The van der Waals surface area contributed by atoms with Gasteiger partial charge in [-0.3, -0.25) is 33.6 Å². The molecule has 0 saturated carbocycles. The number of carbonyl (C=O) groups is 4. The van der Waals surface area contributed by atoms with Gasteiger partial charge in [-0.05, 0) is 48.4 Å². The third kappa shape index (κ3) is 6.05. The standard InChI is InChI=1S/C33H35ClN10O5/c1-35-27(45)9-10-43-26-16-20(3-6-24(26)40(2)33(43)49)37-29-23(34)17-36-32(39-29)42-13-11-41(12-14-42)21-4-5-22-19(15-21)18-44(31(22)48)25-7-8-28(46)38-30(25)47/h3-6,15-17,25H,7-14,18H2,1-2H3,(H,35,45)(H,36,37,39)(H,38,46,47). The lowest BCUT2D eigenvalue weighted by Crippen LogP contribution is -2.52. The lowest BCUT2D eigenvalue weighted by atomic mass is 10.0. The highest BCUT2D eigenvalue weighted by molar-refractivity contribution is 6.33. The van der Waals surface area contributed by atoms with Crippen LogP contribution in [0.25, 0.3) is 11.0 Å². The number of aromatic nitrogens is 4. The number of piperidine rings is 1. The number of nitrogens with zero attached hydrogens (tertiary/aromatic N) is 7. The molecule has 4 amide bonds.